The van der Waals surface area contributed by atoms with Gasteiger partial charge in [0, 0.05) is 30.3 Å². The van der Waals surface area contributed by atoms with Gasteiger partial charge in [-0.25, -0.2) is 0 Å². The van der Waals surface area contributed by atoms with Gasteiger partial charge in [-0.15, -0.1) is 0 Å². The number of ether oxygens (including phenoxy) is 1. The Labute approximate surface area is 178 Å². The molecule has 1 aromatic rings. The number of amides is 1. The molecule has 7 heteroatoms. The Bertz CT molecular complexity index is 554. The molecule has 0 radical (unpaired) electrons. The molecule has 0 saturated carbocycles. The fourth-order valence-corrected chi connectivity index (χ4v) is 4.81. The maximum atomic E-state index is 11.8. The summed E-state index contributed by atoms with van der Waals surface area (Å²) in [4.78, 5) is 14.3. The topological polar surface area (TPSA) is 61.8 Å². The summed E-state index contributed by atoms with van der Waals surface area (Å²) in [5.74, 6) is 4.18. The number of hydrogen-bond donors (Lipinski definition) is 2. The molecule has 2 N–H and O–H groups in total. The van der Waals surface area contributed by atoms with Crippen molar-refractivity contribution in [3.05, 3.63) is 29.8 Å². The van der Waals surface area contributed by atoms with E-state index in [-0.39, 0.29) is 12.5 Å². The van der Waals surface area contributed by atoms with Crippen molar-refractivity contribution in [1.29, 1.82) is 0 Å². The van der Waals surface area contributed by atoms with Crippen molar-refractivity contribution >= 4 is 29.4 Å². The average Bonchev–Trinajstić information content (AvgIpc) is 2.71. The second-order valence-electron chi connectivity index (χ2n) is 6.92. The van der Waals surface area contributed by atoms with Gasteiger partial charge in [-0.2, -0.15) is 23.5 Å². The average molecular weight is 427 g/mol. The molecule has 1 fully saturated rings. The lowest BCUT2D eigenvalue weighted by Crippen LogP contribution is -2.29. The van der Waals surface area contributed by atoms with Crippen LogP contribution in [0.4, 0.5) is 0 Å². The number of aliphatic hydroxyl groups excluding tert-OH is 1. The second kappa shape index (κ2) is 15.0. The number of nitrogens with zero attached hydrogens (tertiary/aromatic N) is 1. The fraction of sp³-hybridized carbons (Fsp3) is 0.667. The van der Waals surface area contributed by atoms with Crippen molar-refractivity contribution < 1.29 is 14.6 Å². The molecule has 2 rings (SSSR count). The standard InChI is InChI=1S/C21H34N2O3S2/c24-11-13-27-14-15-28-18-21(25)22-8-5-12-26-20-7-4-6-19(16-20)17-23-9-2-1-3-10-23/h4,6-7,16,24H,1-3,5,8-15,17-18H2,(H,22,25). The van der Waals surface area contributed by atoms with E-state index in [9.17, 15) is 4.79 Å². The highest BCUT2D eigenvalue weighted by Gasteiger charge is 2.10. The molecule has 158 valence electrons. The predicted molar refractivity (Wildman–Crippen MR) is 120 cm³/mol. The van der Waals surface area contributed by atoms with Crippen LogP contribution in [0.5, 0.6) is 5.75 Å². The number of piperidine rings is 1. The number of likely N-dealkylation sites (tertiary alicyclic amines) is 1. The SMILES string of the molecule is O=C(CSCCSCCO)NCCCOc1cccc(CN2CCCCC2)c1. The molecule has 1 amide bonds. The van der Waals surface area contributed by atoms with Gasteiger partial charge in [-0.05, 0) is 50.0 Å². The van der Waals surface area contributed by atoms with Crippen LogP contribution < -0.4 is 10.1 Å². The van der Waals surface area contributed by atoms with Crippen molar-refractivity contribution in [3.8, 4) is 5.75 Å². The summed E-state index contributed by atoms with van der Waals surface area (Å²) in [7, 11) is 0. The highest BCUT2D eigenvalue weighted by Crippen LogP contribution is 2.17. The molecule has 0 bridgehead atoms. The predicted octanol–water partition coefficient (Wildman–Crippen LogP) is 3.02. The molecule has 1 heterocycles. The summed E-state index contributed by atoms with van der Waals surface area (Å²) in [5, 5.41) is 11.6. The van der Waals surface area contributed by atoms with Crippen LogP contribution in [-0.2, 0) is 11.3 Å². The summed E-state index contributed by atoms with van der Waals surface area (Å²) in [6.45, 7) is 4.88. The molecule has 0 aromatic heterocycles. The fourth-order valence-electron chi connectivity index (χ4n) is 3.10. The Morgan fingerprint density at radius 2 is 1.96 bits per heavy atom. The molecule has 28 heavy (non-hydrogen) atoms. The first kappa shape index (κ1) is 23.4. The molecule has 1 aliphatic rings. The molecule has 0 atom stereocenters. The van der Waals surface area contributed by atoms with E-state index in [2.05, 4.69) is 28.4 Å². The van der Waals surface area contributed by atoms with Crippen molar-refractivity contribution in [1.82, 2.24) is 10.2 Å². The highest BCUT2D eigenvalue weighted by atomic mass is 32.2. The number of carbonyl (C=O) groups excluding carboxylic acids is 1. The summed E-state index contributed by atoms with van der Waals surface area (Å²) < 4.78 is 5.86. The van der Waals surface area contributed by atoms with Gasteiger partial charge in [-0.1, -0.05) is 18.6 Å². The third-order valence-electron chi connectivity index (χ3n) is 4.51. The summed E-state index contributed by atoms with van der Waals surface area (Å²) in [5.41, 5.74) is 1.31. The van der Waals surface area contributed by atoms with Crippen LogP contribution in [0, 0.1) is 0 Å². The van der Waals surface area contributed by atoms with E-state index in [0.717, 1.165) is 36.0 Å². The van der Waals surface area contributed by atoms with Crippen molar-refractivity contribution in [2.24, 2.45) is 0 Å². The van der Waals surface area contributed by atoms with E-state index >= 15 is 0 Å². The van der Waals surface area contributed by atoms with Crippen molar-refractivity contribution in [2.45, 2.75) is 32.2 Å². The maximum absolute atomic E-state index is 11.8. The van der Waals surface area contributed by atoms with Gasteiger partial charge in [0.25, 0.3) is 0 Å². The van der Waals surface area contributed by atoms with Gasteiger partial charge >= 0.3 is 0 Å². The van der Waals surface area contributed by atoms with Crippen LogP contribution >= 0.6 is 23.5 Å². The van der Waals surface area contributed by atoms with Crippen LogP contribution in [0.15, 0.2) is 24.3 Å². The number of benzene rings is 1. The summed E-state index contributed by atoms with van der Waals surface area (Å²) in [6.07, 6.45) is 4.78. The lowest BCUT2D eigenvalue weighted by molar-refractivity contribution is -0.118. The third kappa shape index (κ3) is 10.6. The molecular formula is C21H34N2O3S2. The van der Waals surface area contributed by atoms with Crippen LogP contribution in [-0.4, -0.2) is 71.8 Å². The lowest BCUT2D eigenvalue weighted by Gasteiger charge is -2.26. The first-order valence-electron chi connectivity index (χ1n) is 10.2. The summed E-state index contributed by atoms with van der Waals surface area (Å²) >= 11 is 3.35. The number of hydrogen-bond acceptors (Lipinski definition) is 6. The van der Waals surface area contributed by atoms with Gasteiger partial charge in [0.2, 0.25) is 5.91 Å². The largest absolute Gasteiger partial charge is 0.494 e. The Hall–Kier alpha value is -0.890. The number of thioether (sulfide) groups is 2. The molecule has 1 aromatic carbocycles. The lowest BCUT2D eigenvalue weighted by atomic mass is 10.1. The second-order valence-corrected chi connectivity index (χ2v) is 9.25. The van der Waals surface area contributed by atoms with E-state index < -0.39 is 0 Å². The van der Waals surface area contributed by atoms with Crippen LogP contribution in [0.2, 0.25) is 0 Å². The first-order valence-corrected chi connectivity index (χ1v) is 12.6. The number of nitrogens with one attached hydrogen (secondary N) is 1. The Morgan fingerprint density at radius 1 is 1.14 bits per heavy atom. The van der Waals surface area contributed by atoms with E-state index in [1.165, 1.54) is 37.9 Å². The smallest absolute Gasteiger partial charge is 0.229 e. The van der Waals surface area contributed by atoms with E-state index in [4.69, 9.17) is 9.84 Å². The third-order valence-corrected chi connectivity index (χ3v) is 6.69. The van der Waals surface area contributed by atoms with Gasteiger partial charge in [-0.3, -0.25) is 9.69 Å². The number of aliphatic hydroxyl groups is 1. The van der Waals surface area contributed by atoms with E-state index in [0.29, 0.717) is 18.9 Å². The molecule has 1 saturated heterocycles. The quantitative estimate of drug-likeness (QED) is 0.446. The Morgan fingerprint density at radius 3 is 2.79 bits per heavy atom. The molecule has 0 spiro atoms. The first-order chi connectivity index (χ1) is 13.8. The van der Waals surface area contributed by atoms with Gasteiger partial charge < -0.3 is 15.2 Å². The van der Waals surface area contributed by atoms with E-state index in [1.54, 1.807) is 23.5 Å². The zero-order valence-electron chi connectivity index (χ0n) is 16.7. The molecule has 0 unspecified atom stereocenters. The van der Waals surface area contributed by atoms with E-state index in [1.807, 2.05) is 6.07 Å². The van der Waals surface area contributed by atoms with Gasteiger partial charge in [0.05, 0.1) is 19.0 Å². The Balaban J connectivity index is 1.52. The normalized spacial score (nSPS) is 14.8. The van der Waals surface area contributed by atoms with Crippen molar-refractivity contribution in [2.75, 3.05) is 55.9 Å². The van der Waals surface area contributed by atoms with Crippen LogP contribution in [0.25, 0.3) is 0 Å². The van der Waals surface area contributed by atoms with Crippen molar-refractivity contribution in [3.63, 3.8) is 0 Å². The molecular weight excluding hydrogens is 392 g/mol. The highest BCUT2D eigenvalue weighted by molar-refractivity contribution is 8.03. The molecule has 5 nitrogen and oxygen atoms in total. The van der Waals surface area contributed by atoms with Crippen LogP contribution in [0.1, 0.15) is 31.2 Å². The summed E-state index contributed by atoms with van der Waals surface area (Å²) in [6, 6.07) is 8.37. The van der Waals surface area contributed by atoms with Gasteiger partial charge in [0.15, 0.2) is 0 Å². The minimum absolute atomic E-state index is 0.0840. The molecule has 1 aliphatic heterocycles. The van der Waals surface area contributed by atoms with Crippen LogP contribution in [0.3, 0.4) is 0 Å². The zero-order valence-corrected chi connectivity index (χ0v) is 18.4. The monoisotopic (exact) mass is 426 g/mol. The maximum Gasteiger partial charge on any atom is 0.229 e. The molecule has 0 aliphatic carbocycles. The minimum atomic E-state index is 0.0840. The Kier molecular flexibility index (Phi) is 12.5. The number of carbonyl (C=O) groups is 1. The van der Waals surface area contributed by atoms with Gasteiger partial charge in [0.1, 0.15) is 5.75 Å². The zero-order chi connectivity index (χ0) is 19.9. The number of rotatable bonds is 14. The minimum Gasteiger partial charge on any atom is -0.494 e.